The van der Waals surface area contributed by atoms with Crippen LogP contribution >= 0.6 is 23.1 Å². The van der Waals surface area contributed by atoms with E-state index in [4.69, 9.17) is 9.47 Å². The van der Waals surface area contributed by atoms with Gasteiger partial charge in [0.15, 0.2) is 11.0 Å². The molecule has 1 N–H and O–H groups in total. The Bertz CT molecular complexity index is 1120. The summed E-state index contributed by atoms with van der Waals surface area (Å²) in [6.45, 7) is 9.23. The number of methoxy groups -OCH3 is 1. The van der Waals surface area contributed by atoms with E-state index >= 15 is 0 Å². The Morgan fingerprint density at radius 2 is 1.91 bits per heavy atom. The number of hydrogen-bond acceptors (Lipinski definition) is 8. The monoisotopic (exact) mass is 502 g/mol. The van der Waals surface area contributed by atoms with Crippen LogP contribution in [0, 0.1) is 0 Å². The summed E-state index contributed by atoms with van der Waals surface area (Å²) < 4.78 is 12.7. The van der Waals surface area contributed by atoms with E-state index in [0.29, 0.717) is 34.0 Å². The lowest BCUT2D eigenvalue weighted by Gasteiger charge is -2.10. The summed E-state index contributed by atoms with van der Waals surface area (Å²) in [4.78, 5) is 25.6. The first-order valence-corrected chi connectivity index (χ1v) is 12.9. The molecule has 0 radical (unpaired) electrons. The topological polar surface area (TPSA) is 95.3 Å². The Morgan fingerprint density at radius 1 is 1.18 bits per heavy atom. The molecule has 10 heteroatoms. The highest BCUT2D eigenvalue weighted by Gasteiger charge is 2.19. The molecule has 182 valence electrons. The molecule has 0 atom stereocenters. The molecule has 0 bridgehead atoms. The fourth-order valence-corrected chi connectivity index (χ4v) is 5.03. The molecule has 0 spiro atoms. The minimum atomic E-state index is -0.465. The van der Waals surface area contributed by atoms with E-state index in [1.54, 1.807) is 6.07 Å². The largest absolute Gasteiger partial charge is 0.486 e. The van der Waals surface area contributed by atoms with Crippen LogP contribution in [0.4, 0.5) is 5.00 Å². The Hall–Kier alpha value is -2.85. The molecule has 0 saturated carbocycles. The molecule has 8 nitrogen and oxygen atoms in total. The smallest absolute Gasteiger partial charge is 0.340 e. The SMILES string of the molecule is CCc1cc(C(=O)OC)c(NC(=O)CSc2nnc(COc3ccc(C(C)C)cc3)n2CC)s1. The maximum Gasteiger partial charge on any atom is 0.340 e. The molecule has 1 aromatic carbocycles. The number of thioether (sulfide) groups is 1. The molecule has 0 fully saturated rings. The second-order valence-electron chi connectivity index (χ2n) is 7.79. The van der Waals surface area contributed by atoms with Crippen molar-refractivity contribution < 1.29 is 19.1 Å². The average molecular weight is 503 g/mol. The Kier molecular flexibility index (Phi) is 9.12. The third kappa shape index (κ3) is 6.38. The highest BCUT2D eigenvalue weighted by Crippen LogP contribution is 2.30. The van der Waals surface area contributed by atoms with E-state index in [-0.39, 0.29) is 18.3 Å². The number of carbonyl (C=O) groups excluding carboxylic acids is 2. The number of thiophene rings is 1. The molecule has 0 saturated heterocycles. The van der Waals surface area contributed by atoms with Crippen LogP contribution < -0.4 is 10.1 Å². The van der Waals surface area contributed by atoms with E-state index in [1.807, 2.05) is 30.5 Å². The number of hydrogen-bond donors (Lipinski definition) is 1. The van der Waals surface area contributed by atoms with Crippen molar-refractivity contribution in [2.75, 3.05) is 18.2 Å². The van der Waals surface area contributed by atoms with Crippen LogP contribution in [-0.2, 0) is 29.1 Å². The van der Waals surface area contributed by atoms with Crippen LogP contribution in [0.3, 0.4) is 0 Å². The maximum atomic E-state index is 12.6. The van der Waals surface area contributed by atoms with Crippen molar-refractivity contribution in [2.45, 2.75) is 58.3 Å². The second-order valence-corrected chi connectivity index (χ2v) is 9.87. The molecule has 34 heavy (non-hydrogen) atoms. The van der Waals surface area contributed by atoms with Gasteiger partial charge in [-0.3, -0.25) is 4.79 Å². The molecule has 0 unspecified atom stereocenters. The summed E-state index contributed by atoms with van der Waals surface area (Å²) in [6.07, 6.45) is 0.769. The minimum absolute atomic E-state index is 0.135. The third-order valence-electron chi connectivity index (χ3n) is 5.15. The van der Waals surface area contributed by atoms with Crippen LogP contribution in [0.15, 0.2) is 35.5 Å². The third-order valence-corrected chi connectivity index (χ3v) is 7.31. The van der Waals surface area contributed by atoms with Crippen LogP contribution in [0.25, 0.3) is 0 Å². The minimum Gasteiger partial charge on any atom is -0.486 e. The van der Waals surface area contributed by atoms with E-state index in [2.05, 4.69) is 41.5 Å². The molecule has 3 rings (SSSR count). The zero-order valence-corrected chi connectivity index (χ0v) is 21.7. The van der Waals surface area contributed by atoms with E-state index in [1.165, 1.54) is 35.8 Å². The second kappa shape index (κ2) is 12.0. The molecule has 1 amide bonds. The van der Waals surface area contributed by atoms with Crippen molar-refractivity contribution in [3.63, 3.8) is 0 Å². The lowest BCUT2D eigenvalue weighted by molar-refractivity contribution is -0.113. The summed E-state index contributed by atoms with van der Waals surface area (Å²) in [6, 6.07) is 9.80. The van der Waals surface area contributed by atoms with Crippen molar-refractivity contribution in [2.24, 2.45) is 0 Å². The number of nitrogens with one attached hydrogen (secondary N) is 1. The van der Waals surface area contributed by atoms with Crippen molar-refractivity contribution >= 4 is 40.0 Å². The summed E-state index contributed by atoms with van der Waals surface area (Å²) in [7, 11) is 1.33. The number of ether oxygens (including phenoxy) is 2. The lowest BCUT2D eigenvalue weighted by atomic mass is 10.0. The lowest BCUT2D eigenvalue weighted by Crippen LogP contribution is -2.16. The first-order chi connectivity index (χ1) is 16.4. The summed E-state index contributed by atoms with van der Waals surface area (Å²) >= 11 is 2.67. The van der Waals surface area contributed by atoms with Gasteiger partial charge in [0, 0.05) is 11.4 Å². The van der Waals surface area contributed by atoms with Gasteiger partial charge in [0.1, 0.15) is 17.4 Å². The fraction of sp³-hybridized carbons (Fsp3) is 0.417. The number of esters is 1. The zero-order valence-electron chi connectivity index (χ0n) is 20.1. The van der Waals surface area contributed by atoms with Crippen molar-refractivity contribution in [1.82, 2.24) is 14.8 Å². The first-order valence-electron chi connectivity index (χ1n) is 11.1. The first kappa shape index (κ1) is 25.8. The Balaban J connectivity index is 1.60. The van der Waals surface area contributed by atoms with E-state index < -0.39 is 5.97 Å². The highest BCUT2D eigenvalue weighted by atomic mass is 32.2. The quantitative estimate of drug-likeness (QED) is 0.286. The molecule has 0 aliphatic rings. The van der Waals surface area contributed by atoms with Gasteiger partial charge in [-0.15, -0.1) is 21.5 Å². The molecule has 0 aliphatic carbocycles. The summed E-state index contributed by atoms with van der Waals surface area (Å²) in [5.74, 6) is 1.37. The Labute approximate surface area is 208 Å². The summed E-state index contributed by atoms with van der Waals surface area (Å²) in [5, 5.41) is 12.5. The molecule has 3 aromatic rings. The van der Waals surface area contributed by atoms with Crippen molar-refractivity contribution in [3.8, 4) is 5.75 Å². The molecule has 2 heterocycles. The molecular formula is C24H30N4O4S2. The number of aryl methyl sites for hydroxylation is 1. The molecular weight excluding hydrogens is 472 g/mol. The van der Waals surface area contributed by atoms with Crippen LogP contribution in [0.5, 0.6) is 5.75 Å². The van der Waals surface area contributed by atoms with Gasteiger partial charge in [-0.2, -0.15) is 0 Å². The number of amides is 1. The van der Waals surface area contributed by atoms with Gasteiger partial charge >= 0.3 is 5.97 Å². The van der Waals surface area contributed by atoms with E-state index in [0.717, 1.165) is 17.0 Å². The van der Waals surface area contributed by atoms with Gasteiger partial charge in [0.05, 0.1) is 18.4 Å². The fourth-order valence-electron chi connectivity index (χ4n) is 3.21. The number of nitrogens with zero attached hydrogens (tertiary/aromatic N) is 3. The van der Waals surface area contributed by atoms with Gasteiger partial charge in [0.25, 0.3) is 0 Å². The van der Waals surface area contributed by atoms with Gasteiger partial charge in [-0.05, 0) is 43.0 Å². The van der Waals surface area contributed by atoms with Gasteiger partial charge in [0.2, 0.25) is 5.91 Å². The maximum absolute atomic E-state index is 12.6. The van der Waals surface area contributed by atoms with Crippen molar-refractivity contribution in [1.29, 1.82) is 0 Å². The standard InChI is InChI=1S/C24H30N4O4S2/c1-6-18-12-19(23(30)31-5)22(34-18)25-21(29)14-33-24-27-26-20(28(24)7-2)13-32-17-10-8-16(9-11-17)15(3)4/h8-12,15H,6-7,13-14H2,1-5H3,(H,25,29). The Morgan fingerprint density at radius 3 is 2.53 bits per heavy atom. The number of rotatable bonds is 11. The van der Waals surface area contributed by atoms with Gasteiger partial charge in [-0.25, -0.2) is 4.79 Å². The van der Waals surface area contributed by atoms with E-state index in [9.17, 15) is 9.59 Å². The highest BCUT2D eigenvalue weighted by molar-refractivity contribution is 7.99. The average Bonchev–Trinajstić information content (AvgIpc) is 3.44. The number of aromatic nitrogens is 3. The summed E-state index contributed by atoms with van der Waals surface area (Å²) in [5.41, 5.74) is 1.63. The molecule has 0 aliphatic heterocycles. The number of carbonyl (C=O) groups is 2. The number of anilines is 1. The van der Waals surface area contributed by atoms with Crippen LogP contribution in [0.1, 0.15) is 60.2 Å². The van der Waals surface area contributed by atoms with Crippen LogP contribution in [-0.4, -0.2) is 39.5 Å². The normalized spacial score (nSPS) is 11.0. The predicted molar refractivity (Wildman–Crippen MR) is 135 cm³/mol. The van der Waals surface area contributed by atoms with Crippen LogP contribution in [0.2, 0.25) is 0 Å². The zero-order chi connectivity index (χ0) is 24.7. The van der Waals surface area contributed by atoms with Crippen molar-refractivity contribution in [3.05, 3.63) is 52.2 Å². The number of benzene rings is 1. The van der Waals surface area contributed by atoms with Gasteiger partial charge < -0.3 is 19.4 Å². The predicted octanol–water partition coefficient (Wildman–Crippen LogP) is 5.14. The van der Waals surface area contributed by atoms with Gasteiger partial charge in [-0.1, -0.05) is 44.7 Å². The molecule has 2 aromatic heterocycles.